The van der Waals surface area contributed by atoms with Gasteiger partial charge in [0.2, 0.25) is 5.95 Å². The molecule has 0 unspecified atom stereocenters. The van der Waals surface area contributed by atoms with Gasteiger partial charge in [0.15, 0.2) is 0 Å². The summed E-state index contributed by atoms with van der Waals surface area (Å²) in [6.07, 6.45) is 3.23. The number of carbonyl (C=O) groups is 1. The SMILES string of the molecule is COc1ccc(C)cc1Nc1nccc(C(=O)Nc2cccc3cccnc23)n1. The van der Waals surface area contributed by atoms with E-state index in [1.165, 1.54) is 6.20 Å². The first-order chi connectivity index (χ1) is 14.1. The van der Waals surface area contributed by atoms with Gasteiger partial charge in [-0.05, 0) is 42.8 Å². The second-order valence-electron chi connectivity index (χ2n) is 6.43. The summed E-state index contributed by atoms with van der Waals surface area (Å²) in [5.74, 6) is 0.623. The van der Waals surface area contributed by atoms with Crippen LogP contribution in [0.3, 0.4) is 0 Å². The van der Waals surface area contributed by atoms with E-state index in [0.29, 0.717) is 17.4 Å². The Labute approximate surface area is 167 Å². The highest BCUT2D eigenvalue weighted by molar-refractivity contribution is 6.07. The lowest BCUT2D eigenvalue weighted by molar-refractivity contribution is 0.102. The second kappa shape index (κ2) is 7.93. The van der Waals surface area contributed by atoms with E-state index in [4.69, 9.17) is 4.74 Å². The largest absolute Gasteiger partial charge is 0.495 e. The Kier molecular flexibility index (Phi) is 5.03. The molecule has 2 aromatic heterocycles. The van der Waals surface area contributed by atoms with Crippen LogP contribution >= 0.6 is 0 Å². The molecule has 0 aliphatic heterocycles. The summed E-state index contributed by atoms with van der Waals surface area (Å²) < 4.78 is 5.37. The molecule has 0 fully saturated rings. The number of fused-ring (bicyclic) bond motifs is 1. The molecule has 2 N–H and O–H groups in total. The predicted octanol–water partition coefficient (Wildman–Crippen LogP) is 4.34. The molecule has 0 atom stereocenters. The van der Waals surface area contributed by atoms with E-state index in [1.54, 1.807) is 19.4 Å². The third-order valence-electron chi connectivity index (χ3n) is 4.37. The normalized spacial score (nSPS) is 10.6. The van der Waals surface area contributed by atoms with Gasteiger partial charge in [-0.3, -0.25) is 9.78 Å². The summed E-state index contributed by atoms with van der Waals surface area (Å²) in [7, 11) is 1.60. The maximum atomic E-state index is 12.8. The molecule has 0 bridgehead atoms. The fraction of sp³-hybridized carbons (Fsp3) is 0.0909. The van der Waals surface area contributed by atoms with Gasteiger partial charge in [-0.2, -0.15) is 0 Å². The van der Waals surface area contributed by atoms with Gasteiger partial charge >= 0.3 is 0 Å². The summed E-state index contributed by atoms with van der Waals surface area (Å²) in [5.41, 5.74) is 3.37. The van der Waals surface area contributed by atoms with Crippen molar-refractivity contribution in [3.05, 3.63) is 78.2 Å². The highest BCUT2D eigenvalue weighted by atomic mass is 16.5. The number of para-hydroxylation sites is 1. The van der Waals surface area contributed by atoms with E-state index in [2.05, 4.69) is 25.6 Å². The number of rotatable bonds is 5. The minimum Gasteiger partial charge on any atom is -0.495 e. The summed E-state index contributed by atoms with van der Waals surface area (Å²) in [4.78, 5) is 25.7. The van der Waals surface area contributed by atoms with Crippen LogP contribution in [-0.2, 0) is 0 Å². The number of pyridine rings is 1. The van der Waals surface area contributed by atoms with Crippen molar-refractivity contribution in [2.75, 3.05) is 17.7 Å². The lowest BCUT2D eigenvalue weighted by atomic mass is 10.2. The van der Waals surface area contributed by atoms with E-state index < -0.39 is 0 Å². The number of aryl methyl sites for hydroxylation is 1. The standard InChI is InChI=1S/C22H19N5O2/c1-14-8-9-19(29-2)18(13-14)27-22-24-12-10-17(26-22)21(28)25-16-7-3-5-15-6-4-11-23-20(15)16/h3-13H,1-2H3,(H,25,28)(H,24,26,27). The molecule has 2 heterocycles. The van der Waals surface area contributed by atoms with Gasteiger partial charge in [0.1, 0.15) is 11.4 Å². The van der Waals surface area contributed by atoms with Crippen LogP contribution in [0.15, 0.2) is 67.0 Å². The van der Waals surface area contributed by atoms with E-state index >= 15 is 0 Å². The van der Waals surface area contributed by atoms with Crippen molar-refractivity contribution in [3.8, 4) is 5.75 Å². The van der Waals surface area contributed by atoms with Crippen molar-refractivity contribution in [1.82, 2.24) is 15.0 Å². The van der Waals surface area contributed by atoms with Crippen molar-refractivity contribution >= 4 is 34.1 Å². The van der Waals surface area contributed by atoms with E-state index in [9.17, 15) is 4.79 Å². The Morgan fingerprint density at radius 3 is 2.69 bits per heavy atom. The number of methoxy groups -OCH3 is 1. The zero-order valence-corrected chi connectivity index (χ0v) is 16.0. The van der Waals surface area contributed by atoms with E-state index in [-0.39, 0.29) is 11.6 Å². The van der Waals surface area contributed by atoms with Crippen molar-refractivity contribution in [1.29, 1.82) is 0 Å². The number of nitrogens with zero attached hydrogens (tertiary/aromatic N) is 3. The summed E-state index contributed by atoms with van der Waals surface area (Å²) in [5, 5.41) is 6.94. The molecule has 7 nitrogen and oxygen atoms in total. The number of anilines is 3. The highest BCUT2D eigenvalue weighted by Crippen LogP contribution is 2.27. The fourth-order valence-corrected chi connectivity index (χ4v) is 2.98. The van der Waals surface area contributed by atoms with Gasteiger partial charge in [0.05, 0.1) is 24.0 Å². The Balaban J connectivity index is 1.58. The van der Waals surface area contributed by atoms with Gasteiger partial charge in [0, 0.05) is 17.8 Å². The van der Waals surface area contributed by atoms with Crippen molar-refractivity contribution in [3.63, 3.8) is 0 Å². The predicted molar refractivity (Wildman–Crippen MR) is 113 cm³/mol. The summed E-state index contributed by atoms with van der Waals surface area (Å²) in [6.45, 7) is 1.98. The molecule has 4 rings (SSSR count). The molecule has 0 radical (unpaired) electrons. The van der Waals surface area contributed by atoms with Crippen molar-refractivity contribution in [2.24, 2.45) is 0 Å². The monoisotopic (exact) mass is 385 g/mol. The molecule has 0 aliphatic rings. The maximum Gasteiger partial charge on any atom is 0.274 e. The Bertz CT molecular complexity index is 1190. The van der Waals surface area contributed by atoms with Crippen LogP contribution in [0, 0.1) is 6.92 Å². The average Bonchev–Trinajstić information content (AvgIpc) is 2.74. The second-order valence-corrected chi connectivity index (χ2v) is 6.43. The van der Waals surface area contributed by atoms with Crippen LogP contribution in [0.2, 0.25) is 0 Å². The highest BCUT2D eigenvalue weighted by Gasteiger charge is 2.12. The van der Waals surface area contributed by atoms with Crippen LogP contribution in [0.25, 0.3) is 10.9 Å². The van der Waals surface area contributed by atoms with Crippen LogP contribution in [0.5, 0.6) is 5.75 Å². The average molecular weight is 385 g/mol. The van der Waals surface area contributed by atoms with Gasteiger partial charge in [-0.15, -0.1) is 0 Å². The van der Waals surface area contributed by atoms with Gasteiger partial charge < -0.3 is 15.4 Å². The molecule has 0 spiro atoms. The number of ether oxygens (including phenoxy) is 1. The Morgan fingerprint density at radius 1 is 0.966 bits per heavy atom. The lowest BCUT2D eigenvalue weighted by Gasteiger charge is -2.12. The first-order valence-electron chi connectivity index (χ1n) is 9.04. The number of amides is 1. The van der Waals surface area contributed by atoms with Crippen LogP contribution in [-0.4, -0.2) is 28.0 Å². The molecule has 4 aromatic rings. The minimum absolute atomic E-state index is 0.238. The molecule has 29 heavy (non-hydrogen) atoms. The summed E-state index contributed by atoms with van der Waals surface area (Å²) >= 11 is 0. The molecule has 7 heteroatoms. The molecular weight excluding hydrogens is 366 g/mol. The van der Waals surface area contributed by atoms with Gasteiger partial charge in [-0.1, -0.05) is 24.3 Å². The van der Waals surface area contributed by atoms with Crippen molar-refractivity contribution < 1.29 is 9.53 Å². The number of aromatic nitrogens is 3. The van der Waals surface area contributed by atoms with Crippen LogP contribution < -0.4 is 15.4 Å². The molecule has 0 saturated heterocycles. The number of carbonyl (C=O) groups excluding carboxylic acids is 1. The molecule has 2 aromatic carbocycles. The third kappa shape index (κ3) is 3.98. The molecule has 0 aliphatic carbocycles. The third-order valence-corrected chi connectivity index (χ3v) is 4.37. The lowest BCUT2D eigenvalue weighted by Crippen LogP contribution is -2.15. The Hall–Kier alpha value is -4.00. The number of hydrogen-bond acceptors (Lipinski definition) is 6. The first kappa shape index (κ1) is 18.4. The smallest absolute Gasteiger partial charge is 0.274 e. The first-order valence-corrected chi connectivity index (χ1v) is 9.04. The van der Waals surface area contributed by atoms with Crippen LogP contribution in [0.1, 0.15) is 16.1 Å². The maximum absolute atomic E-state index is 12.8. The molecular formula is C22H19N5O2. The minimum atomic E-state index is -0.343. The van der Waals surface area contributed by atoms with E-state index in [1.807, 2.05) is 55.5 Å². The number of nitrogens with one attached hydrogen (secondary N) is 2. The van der Waals surface area contributed by atoms with Crippen LogP contribution in [0.4, 0.5) is 17.3 Å². The quantitative estimate of drug-likeness (QED) is 0.531. The topological polar surface area (TPSA) is 89.0 Å². The zero-order chi connectivity index (χ0) is 20.2. The van der Waals surface area contributed by atoms with E-state index in [0.717, 1.165) is 22.2 Å². The molecule has 0 saturated carbocycles. The molecule has 144 valence electrons. The number of benzene rings is 2. The summed E-state index contributed by atoms with van der Waals surface area (Å²) in [6, 6.07) is 16.7. The van der Waals surface area contributed by atoms with Crippen molar-refractivity contribution in [2.45, 2.75) is 6.92 Å². The zero-order valence-electron chi connectivity index (χ0n) is 16.0. The Morgan fingerprint density at radius 2 is 1.83 bits per heavy atom. The fourth-order valence-electron chi connectivity index (χ4n) is 2.98. The number of hydrogen-bond donors (Lipinski definition) is 2. The van der Waals surface area contributed by atoms with Gasteiger partial charge in [0.25, 0.3) is 5.91 Å². The van der Waals surface area contributed by atoms with Gasteiger partial charge in [-0.25, -0.2) is 9.97 Å². The molecule has 1 amide bonds.